The number of nitrogens with zero attached hydrogens (tertiary/aromatic N) is 1. The molecule has 1 aromatic carbocycles. The highest BCUT2D eigenvalue weighted by atomic mass is 32.2. The zero-order valence-corrected chi connectivity index (χ0v) is 12.9. The van der Waals surface area contributed by atoms with Crippen LogP contribution < -0.4 is 0 Å². The largest absolute Gasteiger partial charge is 0.480 e. The van der Waals surface area contributed by atoms with Crippen LogP contribution in [0.15, 0.2) is 46.9 Å². The topological polar surface area (TPSA) is 57.6 Å². The van der Waals surface area contributed by atoms with Gasteiger partial charge in [-0.1, -0.05) is 60.4 Å². The van der Waals surface area contributed by atoms with Crippen molar-refractivity contribution >= 4 is 69.3 Å². The van der Waals surface area contributed by atoms with E-state index in [2.05, 4.69) is 0 Å². The molecule has 2 rings (SSSR count). The predicted octanol–water partition coefficient (Wildman–Crippen LogP) is 2.00. The van der Waals surface area contributed by atoms with E-state index in [1.54, 1.807) is 6.08 Å². The molecule has 22 heavy (non-hydrogen) atoms. The van der Waals surface area contributed by atoms with E-state index in [0.717, 1.165) is 27.8 Å². The Balaban J connectivity index is 0.00000242. The lowest BCUT2D eigenvalue weighted by molar-refractivity contribution is -0.140. The van der Waals surface area contributed by atoms with Crippen LogP contribution in [0.4, 0.5) is 0 Å². The first kappa shape index (κ1) is 18.9. The molecule has 1 N–H and O–H groups in total. The fraction of sp³-hybridized carbons (Fsp3) is 0.133. The number of thioether (sulfide) groups is 1. The second-order valence-corrected chi connectivity index (χ2v) is 6.14. The number of hydrogen-bond acceptors (Lipinski definition) is 4. The maximum atomic E-state index is 12.1. The van der Waals surface area contributed by atoms with Crippen molar-refractivity contribution in [3.8, 4) is 0 Å². The van der Waals surface area contributed by atoms with Crippen molar-refractivity contribution in [2.24, 2.45) is 0 Å². The van der Waals surface area contributed by atoms with Crippen LogP contribution in [-0.4, -0.2) is 55.8 Å². The molecule has 0 bridgehead atoms. The molecule has 0 aromatic heterocycles. The summed E-state index contributed by atoms with van der Waals surface area (Å²) in [5.74, 6) is -1.43. The SMILES string of the molecule is CC(=C\c1ccccc1)/C=C1/SC(=S)N(CC(=O)O)C1=O.[MgH2]. The maximum absolute atomic E-state index is 12.1. The van der Waals surface area contributed by atoms with Crippen LogP contribution in [0, 0.1) is 0 Å². The van der Waals surface area contributed by atoms with Gasteiger partial charge in [-0.25, -0.2) is 0 Å². The molecule has 0 saturated carbocycles. The number of carbonyl (C=O) groups excluding carboxylic acids is 1. The van der Waals surface area contributed by atoms with E-state index < -0.39 is 12.5 Å². The lowest BCUT2D eigenvalue weighted by Crippen LogP contribution is -2.33. The second kappa shape index (κ2) is 8.47. The van der Waals surface area contributed by atoms with Gasteiger partial charge in [0.15, 0.2) is 0 Å². The molecule has 1 fully saturated rings. The summed E-state index contributed by atoms with van der Waals surface area (Å²) >= 11 is 6.17. The highest BCUT2D eigenvalue weighted by molar-refractivity contribution is 8.26. The van der Waals surface area contributed by atoms with Crippen LogP contribution in [0.25, 0.3) is 6.08 Å². The van der Waals surface area contributed by atoms with Gasteiger partial charge in [-0.15, -0.1) is 0 Å². The van der Waals surface area contributed by atoms with Gasteiger partial charge in [-0.2, -0.15) is 0 Å². The average Bonchev–Trinajstić information content (AvgIpc) is 2.67. The number of carboxylic acids is 1. The molecule has 1 aliphatic heterocycles. The van der Waals surface area contributed by atoms with E-state index >= 15 is 0 Å². The summed E-state index contributed by atoms with van der Waals surface area (Å²) in [6.07, 6.45) is 3.68. The fourth-order valence-corrected chi connectivity index (χ4v) is 3.14. The first-order chi connectivity index (χ1) is 9.97. The minimum absolute atomic E-state index is 0. The number of allylic oxidation sites excluding steroid dienone is 2. The summed E-state index contributed by atoms with van der Waals surface area (Å²) in [7, 11) is 0. The fourth-order valence-electron chi connectivity index (χ4n) is 1.83. The zero-order chi connectivity index (χ0) is 15.4. The number of amides is 1. The molecule has 7 heteroatoms. The van der Waals surface area contributed by atoms with Gasteiger partial charge in [0, 0.05) is 0 Å². The number of hydrogen-bond donors (Lipinski definition) is 1. The van der Waals surface area contributed by atoms with Gasteiger partial charge >= 0.3 is 29.0 Å². The molecule has 1 aliphatic rings. The molecule has 0 unspecified atom stereocenters. The van der Waals surface area contributed by atoms with Crippen LogP contribution >= 0.6 is 24.0 Å². The quantitative estimate of drug-likeness (QED) is 0.514. The Bertz CT molecular complexity index is 656. The van der Waals surface area contributed by atoms with Gasteiger partial charge in [0.25, 0.3) is 5.91 Å². The Kier molecular flexibility index (Phi) is 7.28. The summed E-state index contributed by atoms with van der Waals surface area (Å²) < 4.78 is 0.279. The first-order valence-corrected chi connectivity index (χ1v) is 7.40. The molecule has 1 aromatic rings. The number of thiocarbonyl (C=S) groups is 1. The predicted molar refractivity (Wildman–Crippen MR) is 96.3 cm³/mol. The maximum Gasteiger partial charge on any atom is 0.323 e. The first-order valence-electron chi connectivity index (χ1n) is 6.18. The average molecular weight is 346 g/mol. The van der Waals surface area contributed by atoms with E-state index in [4.69, 9.17) is 17.3 Å². The van der Waals surface area contributed by atoms with Gasteiger partial charge < -0.3 is 5.11 Å². The van der Waals surface area contributed by atoms with Gasteiger partial charge in [0.05, 0.1) is 4.91 Å². The van der Waals surface area contributed by atoms with Crippen LogP contribution in [0.2, 0.25) is 0 Å². The summed E-state index contributed by atoms with van der Waals surface area (Å²) in [5.41, 5.74) is 1.93. The van der Waals surface area contributed by atoms with Crippen LogP contribution in [0.5, 0.6) is 0 Å². The third-order valence-electron chi connectivity index (χ3n) is 2.72. The Hall–Kier alpha value is -1.15. The van der Waals surface area contributed by atoms with E-state index in [1.165, 1.54) is 0 Å². The van der Waals surface area contributed by atoms with Crippen LogP contribution in [0.1, 0.15) is 12.5 Å². The molecule has 0 radical (unpaired) electrons. The minimum Gasteiger partial charge on any atom is -0.480 e. The normalized spacial score (nSPS) is 16.9. The van der Waals surface area contributed by atoms with E-state index in [0.29, 0.717) is 4.91 Å². The standard InChI is InChI=1S/C15H13NO3S2.Mg.2H/c1-10(7-11-5-3-2-4-6-11)8-12-14(19)16(9-13(17)18)15(20)21-12;;;/h2-8H,9H2,1H3,(H,17,18);;;/b10-7+,12-8+;;;. The molecule has 0 aliphatic carbocycles. The molecule has 0 spiro atoms. The van der Waals surface area contributed by atoms with Gasteiger partial charge in [-0.05, 0) is 24.1 Å². The Labute approximate surface area is 154 Å². The van der Waals surface area contributed by atoms with Crippen molar-refractivity contribution in [2.75, 3.05) is 6.54 Å². The second-order valence-electron chi connectivity index (χ2n) is 4.46. The Morgan fingerprint density at radius 2 is 2.00 bits per heavy atom. The van der Waals surface area contributed by atoms with Crippen molar-refractivity contribution in [1.29, 1.82) is 0 Å². The van der Waals surface area contributed by atoms with Crippen molar-refractivity contribution in [3.05, 3.63) is 52.4 Å². The molecule has 4 nitrogen and oxygen atoms in total. The van der Waals surface area contributed by atoms with E-state index in [-0.39, 0.29) is 33.3 Å². The van der Waals surface area contributed by atoms with E-state index in [9.17, 15) is 9.59 Å². The smallest absolute Gasteiger partial charge is 0.323 e. The van der Waals surface area contributed by atoms with Crippen LogP contribution in [-0.2, 0) is 9.59 Å². The molecular formula is C15H15MgNO3S2. The number of carboxylic acid groups (broad SMARTS) is 1. The number of aliphatic carboxylic acids is 1. The summed E-state index contributed by atoms with van der Waals surface area (Å²) in [6.45, 7) is 1.49. The third kappa shape index (κ3) is 4.94. The number of rotatable bonds is 4. The lowest BCUT2D eigenvalue weighted by Gasteiger charge is -2.10. The highest BCUT2D eigenvalue weighted by Gasteiger charge is 2.33. The summed E-state index contributed by atoms with van der Waals surface area (Å²) in [6, 6.07) is 9.74. The van der Waals surface area contributed by atoms with Crippen molar-refractivity contribution in [3.63, 3.8) is 0 Å². The molecule has 1 heterocycles. The van der Waals surface area contributed by atoms with Crippen molar-refractivity contribution in [2.45, 2.75) is 6.92 Å². The summed E-state index contributed by atoms with van der Waals surface area (Å²) in [4.78, 5) is 24.4. The van der Waals surface area contributed by atoms with Crippen molar-refractivity contribution in [1.82, 2.24) is 4.90 Å². The van der Waals surface area contributed by atoms with Gasteiger partial charge in [-0.3, -0.25) is 14.5 Å². The lowest BCUT2D eigenvalue weighted by atomic mass is 10.1. The molecular weight excluding hydrogens is 331 g/mol. The van der Waals surface area contributed by atoms with Gasteiger partial charge in [0.2, 0.25) is 0 Å². The molecule has 0 atom stereocenters. The minimum atomic E-state index is -1.08. The van der Waals surface area contributed by atoms with E-state index in [1.807, 2.05) is 43.3 Å². The Morgan fingerprint density at radius 1 is 1.36 bits per heavy atom. The monoisotopic (exact) mass is 345 g/mol. The number of benzene rings is 1. The Morgan fingerprint density at radius 3 is 2.59 bits per heavy atom. The van der Waals surface area contributed by atoms with Gasteiger partial charge in [0.1, 0.15) is 10.9 Å². The zero-order valence-electron chi connectivity index (χ0n) is 11.3. The highest BCUT2D eigenvalue weighted by Crippen LogP contribution is 2.31. The third-order valence-corrected chi connectivity index (χ3v) is 4.10. The molecule has 1 saturated heterocycles. The summed E-state index contributed by atoms with van der Waals surface area (Å²) in [5, 5.41) is 8.78. The number of carbonyl (C=O) groups is 2. The van der Waals surface area contributed by atoms with Crippen molar-refractivity contribution < 1.29 is 14.7 Å². The molecule has 112 valence electrons. The molecule has 1 amide bonds. The van der Waals surface area contributed by atoms with Crippen LogP contribution in [0.3, 0.4) is 0 Å².